The van der Waals surface area contributed by atoms with Crippen LogP contribution in [-0.2, 0) is 0 Å². The van der Waals surface area contributed by atoms with Gasteiger partial charge in [-0.3, -0.25) is 5.10 Å². The van der Waals surface area contributed by atoms with Crippen molar-refractivity contribution >= 4 is 22.5 Å². The lowest BCUT2D eigenvalue weighted by molar-refractivity contribution is 0.571. The van der Waals surface area contributed by atoms with E-state index in [0.717, 1.165) is 22.0 Å². The molecule has 3 rings (SSSR count). The molecule has 0 aliphatic rings. The molecule has 0 spiro atoms. The highest BCUT2D eigenvalue weighted by Gasteiger charge is 2.14. The number of nitrogens with two attached hydrogens (primary N) is 2. The zero-order valence-corrected chi connectivity index (χ0v) is 14.3. The molecule has 6 heteroatoms. The Morgan fingerprint density at radius 2 is 1.92 bits per heavy atom. The molecule has 3 aromatic rings. The smallest absolute Gasteiger partial charge is 0.153 e. The van der Waals surface area contributed by atoms with E-state index in [9.17, 15) is 5.26 Å². The molecule has 25 heavy (non-hydrogen) atoms. The van der Waals surface area contributed by atoms with Crippen LogP contribution in [0.2, 0.25) is 0 Å². The first-order valence-electron chi connectivity index (χ1n) is 7.76. The summed E-state index contributed by atoms with van der Waals surface area (Å²) in [5, 5.41) is 17.2. The third kappa shape index (κ3) is 3.11. The Morgan fingerprint density at radius 3 is 2.60 bits per heavy atom. The Bertz CT molecular complexity index is 1070. The van der Waals surface area contributed by atoms with Crippen molar-refractivity contribution in [3.05, 3.63) is 35.5 Å². The summed E-state index contributed by atoms with van der Waals surface area (Å²) in [6.45, 7) is 6.12. The lowest BCUT2D eigenvalue weighted by Crippen LogP contribution is -1.99. The Hall–Kier alpha value is -3.51. The van der Waals surface area contributed by atoms with Crippen LogP contribution in [-0.4, -0.2) is 15.2 Å². The number of nitriles is 1. The minimum atomic E-state index is -0.146. The number of nitrogens with zero attached hydrogens (tertiary/aromatic N) is 3. The number of nitrogen functional groups attached to an aromatic ring is 2. The predicted molar refractivity (Wildman–Crippen MR) is 99.2 cm³/mol. The van der Waals surface area contributed by atoms with Crippen molar-refractivity contribution in [3.8, 4) is 29.0 Å². The Labute approximate surface area is 145 Å². The topological polar surface area (TPSA) is 117 Å². The summed E-state index contributed by atoms with van der Waals surface area (Å²) >= 11 is 0. The monoisotopic (exact) mass is 330 g/mol. The third-order valence-corrected chi connectivity index (χ3v) is 3.68. The van der Waals surface area contributed by atoms with Crippen LogP contribution in [0, 0.1) is 28.6 Å². The van der Waals surface area contributed by atoms with Crippen molar-refractivity contribution in [2.75, 3.05) is 11.5 Å². The van der Waals surface area contributed by atoms with E-state index in [2.05, 4.69) is 33.1 Å². The van der Waals surface area contributed by atoms with Crippen LogP contribution in [0.4, 0.5) is 11.6 Å². The van der Waals surface area contributed by atoms with E-state index in [1.54, 1.807) is 12.3 Å². The van der Waals surface area contributed by atoms with Crippen molar-refractivity contribution in [1.29, 1.82) is 5.26 Å². The summed E-state index contributed by atoms with van der Waals surface area (Å²) in [6.07, 6.45) is 1.58. The van der Waals surface area contributed by atoms with Gasteiger partial charge in [-0.05, 0) is 44.5 Å². The Kier molecular flexibility index (Phi) is 3.82. The predicted octanol–water partition coefficient (Wildman–Crippen LogP) is 3.06. The van der Waals surface area contributed by atoms with E-state index in [1.807, 2.05) is 32.9 Å². The van der Waals surface area contributed by atoms with E-state index < -0.39 is 0 Å². The molecular weight excluding hydrogens is 312 g/mol. The summed E-state index contributed by atoms with van der Waals surface area (Å²) in [5.41, 5.74) is 15.0. The molecule has 2 aromatic heterocycles. The lowest BCUT2D eigenvalue weighted by atomic mass is 9.95. The minimum Gasteiger partial charge on any atom is -0.383 e. The van der Waals surface area contributed by atoms with Gasteiger partial charge in [0.1, 0.15) is 17.5 Å². The Morgan fingerprint density at radius 1 is 1.16 bits per heavy atom. The second-order valence-electron chi connectivity index (χ2n) is 6.79. The molecule has 0 amide bonds. The zero-order chi connectivity index (χ0) is 18.2. The fourth-order valence-electron chi connectivity index (χ4n) is 2.49. The number of fused-ring (bicyclic) bond motifs is 1. The summed E-state index contributed by atoms with van der Waals surface area (Å²) in [7, 11) is 0. The number of H-pyrrole nitrogens is 1. The van der Waals surface area contributed by atoms with Gasteiger partial charge in [-0.15, -0.1) is 0 Å². The van der Waals surface area contributed by atoms with Crippen LogP contribution in [0.3, 0.4) is 0 Å². The summed E-state index contributed by atoms with van der Waals surface area (Å²) in [5.74, 6) is 7.00. The molecule has 2 heterocycles. The van der Waals surface area contributed by atoms with E-state index in [-0.39, 0.29) is 11.2 Å². The van der Waals surface area contributed by atoms with E-state index >= 15 is 0 Å². The van der Waals surface area contributed by atoms with Crippen molar-refractivity contribution in [2.45, 2.75) is 20.8 Å². The third-order valence-electron chi connectivity index (χ3n) is 3.68. The van der Waals surface area contributed by atoms with Gasteiger partial charge in [0, 0.05) is 22.6 Å². The maximum atomic E-state index is 9.43. The molecule has 124 valence electrons. The number of pyridine rings is 1. The van der Waals surface area contributed by atoms with Crippen LogP contribution < -0.4 is 11.5 Å². The SMILES string of the molecule is CC(C)(C)C#Cc1cc(-c2ccnc(N)c2C#N)cc2c(N)n[nH]c12. The molecule has 0 aliphatic carbocycles. The quantitative estimate of drug-likeness (QED) is 0.593. The van der Waals surface area contributed by atoms with E-state index in [1.165, 1.54) is 0 Å². The molecule has 1 aromatic carbocycles. The first kappa shape index (κ1) is 16.4. The molecular formula is C19H18N6. The van der Waals surface area contributed by atoms with Gasteiger partial charge in [0.2, 0.25) is 0 Å². The van der Waals surface area contributed by atoms with Crippen molar-refractivity contribution < 1.29 is 0 Å². The normalized spacial score (nSPS) is 11.0. The number of aromatic amines is 1. The number of aromatic nitrogens is 3. The fraction of sp³-hybridized carbons (Fsp3) is 0.211. The molecule has 0 aliphatic heterocycles. The van der Waals surface area contributed by atoms with Crippen LogP contribution in [0.25, 0.3) is 22.0 Å². The molecule has 0 radical (unpaired) electrons. The molecule has 0 bridgehead atoms. The minimum absolute atomic E-state index is 0.146. The summed E-state index contributed by atoms with van der Waals surface area (Å²) < 4.78 is 0. The number of anilines is 2. The number of rotatable bonds is 1. The largest absolute Gasteiger partial charge is 0.383 e. The standard InChI is InChI=1S/C19H18N6/c1-19(2,3)6-4-11-8-12(9-14-16(11)24-25-18(14)22)13-5-7-23-17(21)15(13)10-20/h5,7-9H,1-3H3,(H2,21,23)(H3,22,24,25). The van der Waals surface area contributed by atoms with Crippen LogP contribution in [0.5, 0.6) is 0 Å². The second kappa shape index (κ2) is 5.85. The summed E-state index contributed by atoms with van der Waals surface area (Å²) in [6, 6.07) is 7.67. The highest BCUT2D eigenvalue weighted by molar-refractivity contribution is 5.97. The lowest BCUT2D eigenvalue weighted by Gasteiger charge is -2.09. The second-order valence-corrected chi connectivity index (χ2v) is 6.79. The number of benzene rings is 1. The highest BCUT2D eigenvalue weighted by atomic mass is 15.1. The van der Waals surface area contributed by atoms with Gasteiger partial charge in [0.25, 0.3) is 0 Å². The number of hydrogen-bond donors (Lipinski definition) is 3. The van der Waals surface area contributed by atoms with Crippen molar-refractivity contribution in [2.24, 2.45) is 5.41 Å². The average molecular weight is 330 g/mol. The first-order valence-corrected chi connectivity index (χ1v) is 7.76. The van der Waals surface area contributed by atoms with Crippen molar-refractivity contribution in [3.63, 3.8) is 0 Å². The van der Waals surface area contributed by atoms with Gasteiger partial charge >= 0.3 is 0 Å². The van der Waals surface area contributed by atoms with Gasteiger partial charge < -0.3 is 11.5 Å². The van der Waals surface area contributed by atoms with E-state index in [0.29, 0.717) is 16.9 Å². The maximum absolute atomic E-state index is 9.43. The van der Waals surface area contributed by atoms with E-state index in [4.69, 9.17) is 11.5 Å². The molecule has 0 atom stereocenters. The van der Waals surface area contributed by atoms with Crippen LogP contribution in [0.15, 0.2) is 24.4 Å². The van der Waals surface area contributed by atoms with Crippen LogP contribution in [0.1, 0.15) is 31.9 Å². The molecule has 5 N–H and O–H groups in total. The number of nitrogens with one attached hydrogen (secondary N) is 1. The molecule has 6 nitrogen and oxygen atoms in total. The van der Waals surface area contributed by atoms with Gasteiger partial charge in [-0.1, -0.05) is 11.8 Å². The van der Waals surface area contributed by atoms with Crippen molar-refractivity contribution in [1.82, 2.24) is 15.2 Å². The Balaban J connectivity index is 2.31. The van der Waals surface area contributed by atoms with Crippen LogP contribution >= 0.6 is 0 Å². The highest BCUT2D eigenvalue weighted by Crippen LogP contribution is 2.32. The molecule has 0 unspecified atom stereocenters. The van der Waals surface area contributed by atoms with Gasteiger partial charge in [0.05, 0.1) is 11.1 Å². The average Bonchev–Trinajstić information content (AvgIpc) is 2.93. The zero-order valence-electron chi connectivity index (χ0n) is 14.3. The van der Waals surface area contributed by atoms with Gasteiger partial charge in [-0.25, -0.2) is 4.98 Å². The van der Waals surface area contributed by atoms with Gasteiger partial charge in [0.15, 0.2) is 5.82 Å². The first-order chi connectivity index (χ1) is 11.8. The maximum Gasteiger partial charge on any atom is 0.153 e. The molecule has 0 fully saturated rings. The summed E-state index contributed by atoms with van der Waals surface area (Å²) in [4.78, 5) is 3.98. The van der Waals surface area contributed by atoms with Gasteiger partial charge in [-0.2, -0.15) is 10.4 Å². The number of hydrogen-bond acceptors (Lipinski definition) is 5. The molecule has 0 saturated carbocycles. The molecule has 0 saturated heterocycles. The fourth-order valence-corrected chi connectivity index (χ4v) is 2.49.